The van der Waals surface area contributed by atoms with E-state index in [2.05, 4.69) is 0 Å². The molecule has 0 spiro atoms. The summed E-state index contributed by atoms with van der Waals surface area (Å²) < 4.78 is 25.5. The third-order valence-corrected chi connectivity index (χ3v) is 4.53. The molecule has 0 bridgehead atoms. The van der Waals surface area contributed by atoms with Gasteiger partial charge in [0, 0.05) is 12.6 Å². The third kappa shape index (κ3) is 3.44. The van der Waals surface area contributed by atoms with Gasteiger partial charge in [0.1, 0.15) is 0 Å². The molecule has 7 heteroatoms. The number of carboxylic acid groups (broad SMARTS) is 1. The van der Waals surface area contributed by atoms with Crippen molar-refractivity contribution < 1.29 is 23.2 Å². The molecule has 1 aromatic carbocycles. The number of carbonyl (C=O) groups is 1. The third-order valence-electron chi connectivity index (χ3n) is 2.83. The van der Waals surface area contributed by atoms with Crippen molar-refractivity contribution in [3.8, 4) is 0 Å². The van der Waals surface area contributed by atoms with Crippen LogP contribution in [0.3, 0.4) is 0 Å². The lowest BCUT2D eigenvalue weighted by molar-refractivity contribution is -0.131. The molecule has 2 rings (SSSR count). The molecule has 0 atom stereocenters. The minimum absolute atomic E-state index is 0.131. The second-order valence-electron chi connectivity index (χ2n) is 4.31. The summed E-state index contributed by atoms with van der Waals surface area (Å²) in [4.78, 5) is 15.7. The summed E-state index contributed by atoms with van der Waals surface area (Å²) in [6, 6.07) is 5.98. The maximum absolute atomic E-state index is 12.3. The van der Waals surface area contributed by atoms with Crippen molar-refractivity contribution >= 4 is 22.1 Å². The van der Waals surface area contributed by atoms with Crippen LogP contribution in [-0.2, 0) is 19.7 Å². The van der Waals surface area contributed by atoms with Gasteiger partial charge in [-0.05, 0) is 36.6 Å². The van der Waals surface area contributed by atoms with E-state index in [0.29, 0.717) is 18.7 Å². The van der Waals surface area contributed by atoms with E-state index in [0.717, 1.165) is 23.4 Å². The molecule has 1 aliphatic heterocycles. The molecule has 1 saturated heterocycles. The average molecular weight is 297 g/mol. The van der Waals surface area contributed by atoms with Crippen LogP contribution in [0.1, 0.15) is 18.4 Å². The normalized spacial score (nSPS) is 17.4. The molecule has 1 aromatic rings. The molecule has 0 unspecified atom stereocenters. The maximum atomic E-state index is 12.3. The Morgan fingerprint density at radius 3 is 2.50 bits per heavy atom. The fraction of sp³-hybridized carbons (Fsp3) is 0.308. The molecular weight excluding hydrogens is 282 g/mol. The zero-order valence-corrected chi connectivity index (χ0v) is 11.5. The molecule has 1 aliphatic rings. The van der Waals surface area contributed by atoms with Crippen molar-refractivity contribution in [1.82, 2.24) is 4.47 Å². The maximum Gasteiger partial charge on any atom is 0.328 e. The Labute approximate surface area is 117 Å². The Bertz CT molecular complexity index is 600. The predicted molar refractivity (Wildman–Crippen MR) is 72.2 cm³/mol. The number of hydroxylamine groups is 1. The monoisotopic (exact) mass is 297 g/mol. The molecule has 0 radical (unpaired) electrons. The van der Waals surface area contributed by atoms with Gasteiger partial charge in [0.2, 0.25) is 0 Å². The van der Waals surface area contributed by atoms with Crippen LogP contribution in [0.5, 0.6) is 0 Å². The molecule has 0 aromatic heterocycles. The van der Waals surface area contributed by atoms with Crippen molar-refractivity contribution in [3.63, 3.8) is 0 Å². The summed E-state index contributed by atoms with van der Waals surface area (Å²) in [5, 5.41) is 8.52. The Morgan fingerprint density at radius 1 is 1.25 bits per heavy atom. The largest absolute Gasteiger partial charge is 0.478 e. The molecule has 1 fully saturated rings. The highest BCUT2D eigenvalue weighted by Gasteiger charge is 2.27. The van der Waals surface area contributed by atoms with Gasteiger partial charge < -0.3 is 5.11 Å². The molecule has 108 valence electrons. The lowest BCUT2D eigenvalue weighted by Gasteiger charge is -2.25. The SMILES string of the molecule is O=C(O)/C=C/c1ccc(S(=O)(=O)N2CCCCO2)cc1. The van der Waals surface area contributed by atoms with Crippen LogP contribution in [0.15, 0.2) is 35.2 Å². The molecule has 1 heterocycles. The molecule has 0 saturated carbocycles. The minimum atomic E-state index is -3.64. The molecule has 1 N–H and O–H groups in total. The van der Waals surface area contributed by atoms with Gasteiger partial charge in [-0.3, -0.25) is 4.84 Å². The summed E-state index contributed by atoms with van der Waals surface area (Å²) in [5.41, 5.74) is 0.617. The van der Waals surface area contributed by atoms with Gasteiger partial charge in [0.05, 0.1) is 11.5 Å². The first-order valence-electron chi connectivity index (χ1n) is 6.17. The van der Waals surface area contributed by atoms with E-state index in [1.807, 2.05) is 0 Å². The number of hydrogen-bond donors (Lipinski definition) is 1. The zero-order valence-electron chi connectivity index (χ0n) is 10.7. The number of benzene rings is 1. The fourth-order valence-electron chi connectivity index (χ4n) is 1.80. The predicted octanol–water partition coefficient (Wildman–Crippen LogP) is 1.50. The van der Waals surface area contributed by atoms with E-state index in [-0.39, 0.29) is 4.90 Å². The number of hydrogen-bond acceptors (Lipinski definition) is 4. The number of nitrogens with zero attached hydrogens (tertiary/aromatic N) is 1. The van der Waals surface area contributed by atoms with Crippen LogP contribution in [0, 0.1) is 0 Å². The highest BCUT2D eigenvalue weighted by Crippen LogP contribution is 2.20. The molecule has 6 nitrogen and oxygen atoms in total. The van der Waals surface area contributed by atoms with Crippen LogP contribution in [-0.4, -0.2) is 37.1 Å². The first-order chi connectivity index (χ1) is 9.50. The van der Waals surface area contributed by atoms with Crippen molar-refractivity contribution in [2.24, 2.45) is 0 Å². The van der Waals surface area contributed by atoms with Gasteiger partial charge in [0.25, 0.3) is 10.0 Å². The van der Waals surface area contributed by atoms with E-state index in [1.165, 1.54) is 18.2 Å². The summed E-state index contributed by atoms with van der Waals surface area (Å²) in [6.07, 6.45) is 4.02. The van der Waals surface area contributed by atoms with E-state index in [9.17, 15) is 13.2 Å². The van der Waals surface area contributed by atoms with Crippen LogP contribution in [0.25, 0.3) is 6.08 Å². The van der Waals surface area contributed by atoms with E-state index in [4.69, 9.17) is 9.94 Å². The van der Waals surface area contributed by atoms with Gasteiger partial charge in [-0.1, -0.05) is 16.6 Å². The number of aliphatic carboxylic acids is 1. The summed E-state index contributed by atoms with van der Waals surface area (Å²) in [5.74, 6) is -1.05. The van der Waals surface area contributed by atoms with Crippen molar-refractivity contribution in [2.75, 3.05) is 13.2 Å². The lowest BCUT2D eigenvalue weighted by Crippen LogP contribution is -2.35. The summed E-state index contributed by atoms with van der Waals surface area (Å²) in [6.45, 7) is 0.752. The molecular formula is C13H15NO5S. The standard InChI is InChI=1S/C13H15NO5S/c15-13(16)8-5-11-3-6-12(7-4-11)20(17,18)14-9-1-2-10-19-14/h3-8H,1-2,9-10H2,(H,15,16)/b8-5+. The lowest BCUT2D eigenvalue weighted by atomic mass is 10.2. The average Bonchev–Trinajstić information content (AvgIpc) is 2.46. The Hall–Kier alpha value is -1.70. The first-order valence-corrected chi connectivity index (χ1v) is 7.61. The highest BCUT2D eigenvalue weighted by atomic mass is 32.2. The van der Waals surface area contributed by atoms with Crippen molar-refractivity contribution in [3.05, 3.63) is 35.9 Å². The van der Waals surface area contributed by atoms with Gasteiger partial charge >= 0.3 is 5.97 Å². The van der Waals surface area contributed by atoms with Crippen LogP contribution >= 0.6 is 0 Å². The Kier molecular flexibility index (Phi) is 4.53. The smallest absolute Gasteiger partial charge is 0.328 e. The second-order valence-corrected chi connectivity index (χ2v) is 6.14. The van der Waals surface area contributed by atoms with Crippen LogP contribution in [0.2, 0.25) is 0 Å². The summed E-state index contributed by atoms with van der Waals surface area (Å²) in [7, 11) is -3.64. The van der Waals surface area contributed by atoms with Gasteiger partial charge in [-0.25, -0.2) is 13.2 Å². The minimum Gasteiger partial charge on any atom is -0.478 e. The molecule has 0 aliphatic carbocycles. The first kappa shape index (κ1) is 14.7. The van der Waals surface area contributed by atoms with Gasteiger partial charge in [0.15, 0.2) is 0 Å². The molecule has 0 amide bonds. The number of sulfonamides is 1. The number of carboxylic acids is 1. The second kappa shape index (κ2) is 6.17. The van der Waals surface area contributed by atoms with Crippen LogP contribution in [0.4, 0.5) is 0 Å². The topological polar surface area (TPSA) is 83.9 Å². The summed E-state index contributed by atoms with van der Waals surface area (Å²) >= 11 is 0. The quantitative estimate of drug-likeness (QED) is 0.851. The van der Waals surface area contributed by atoms with Gasteiger partial charge in [-0.15, -0.1) is 0 Å². The van der Waals surface area contributed by atoms with E-state index >= 15 is 0 Å². The van der Waals surface area contributed by atoms with Crippen LogP contribution < -0.4 is 0 Å². The Morgan fingerprint density at radius 2 is 1.95 bits per heavy atom. The Balaban J connectivity index is 2.18. The highest BCUT2D eigenvalue weighted by molar-refractivity contribution is 7.89. The zero-order chi connectivity index (χ0) is 14.6. The van der Waals surface area contributed by atoms with E-state index in [1.54, 1.807) is 12.1 Å². The van der Waals surface area contributed by atoms with Crippen molar-refractivity contribution in [2.45, 2.75) is 17.7 Å². The van der Waals surface area contributed by atoms with E-state index < -0.39 is 16.0 Å². The van der Waals surface area contributed by atoms with Crippen molar-refractivity contribution in [1.29, 1.82) is 0 Å². The molecule has 20 heavy (non-hydrogen) atoms. The number of rotatable bonds is 4. The van der Waals surface area contributed by atoms with Gasteiger partial charge in [-0.2, -0.15) is 0 Å². The fourth-order valence-corrected chi connectivity index (χ4v) is 3.10.